The van der Waals surface area contributed by atoms with Crippen LogP contribution in [0.15, 0.2) is 72.9 Å². The van der Waals surface area contributed by atoms with E-state index in [0.29, 0.717) is 11.3 Å². The predicted octanol–water partition coefficient (Wildman–Crippen LogP) is 1.98. The average molecular weight is 990 g/mol. The van der Waals surface area contributed by atoms with Gasteiger partial charge in [-0.05, 0) is 60.4 Å². The van der Waals surface area contributed by atoms with Crippen LogP contribution in [-0.2, 0) is 49.7 Å². The van der Waals surface area contributed by atoms with Gasteiger partial charge in [-0.2, -0.15) is 0 Å². The number of nitrogens with zero attached hydrogens (tertiary/aromatic N) is 3. The van der Waals surface area contributed by atoms with Gasteiger partial charge in [-0.25, -0.2) is 8.78 Å². The van der Waals surface area contributed by atoms with Gasteiger partial charge in [0.25, 0.3) is 11.8 Å². The van der Waals surface area contributed by atoms with Crippen molar-refractivity contribution in [3.63, 3.8) is 0 Å². The van der Waals surface area contributed by atoms with Crippen LogP contribution in [0.1, 0.15) is 85.0 Å². The zero-order valence-electron chi connectivity index (χ0n) is 41.1. The van der Waals surface area contributed by atoms with Crippen molar-refractivity contribution >= 4 is 53.2 Å². The summed E-state index contributed by atoms with van der Waals surface area (Å²) >= 11 is 0. The van der Waals surface area contributed by atoms with Crippen molar-refractivity contribution in [2.75, 3.05) is 39.3 Å². The lowest BCUT2D eigenvalue weighted by Crippen LogP contribution is -2.58. The number of aliphatic hydroxyl groups is 1. The van der Waals surface area contributed by atoms with Crippen LogP contribution in [0.3, 0.4) is 0 Å². The van der Waals surface area contributed by atoms with Crippen LogP contribution in [0.4, 0.5) is 8.78 Å². The molecule has 384 valence electrons. The second-order valence-electron chi connectivity index (χ2n) is 18.6. The molecule has 0 aliphatic carbocycles. The van der Waals surface area contributed by atoms with Crippen LogP contribution >= 0.6 is 0 Å². The van der Waals surface area contributed by atoms with Crippen LogP contribution in [0, 0.1) is 23.0 Å². The Morgan fingerprint density at radius 3 is 1.99 bits per heavy atom. The maximum atomic E-state index is 15.4. The first kappa shape index (κ1) is 56.3. The molecule has 4 rings (SSSR count). The summed E-state index contributed by atoms with van der Waals surface area (Å²) in [6.45, 7) is 9.59. The van der Waals surface area contributed by atoms with E-state index in [1.165, 1.54) is 18.7 Å². The SMILES string of the molecule is CC(=O)NCCC[C@H](NC(=O)[C@@H](NC(C)=O)C(C)C)C(=O)N[C@@H](CCN(C(=O)CO)[C@@H](c1cc(-c2cc(F)ccc2F)cn1Cc1ccccc1)C(C)(C)C)C(=O)NCCNC(=O)CN1C(=O)C=CC1=O. The topological polar surface area (TPSA) is 257 Å². The largest absolute Gasteiger partial charge is 0.387 e. The highest BCUT2D eigenvalue weighted by Gasteiger charge is 2.39. The molecule has 1 aromatic heterocycles. The van der Waals surface area contributed by atoms with Gasteiger partial charge < -0.3 is 46.5 Å². The summed E-state index contributed by atoms with van der Waals surface area (Å²) < 4.78 is 31.8. The lowest BCUT2D eigenvalue weighted by Gasteiger charge is -2.41. The molecule has 21 heteroatoms. The summed E-state index contributed by atoms with van der Waals surface area (Å²) in [5.74, 6) is -7.70. The first-order valence-electron chi connectivity index (χ1n) is 23.3. The molecule has 3 aromatic rings. The number of rotatable bonds is 25. The molecule has 71 heavy (non-hydrogen) atoms. The van der Waals surface area contributed by atoms with Gasteiger partial charge in [-0.3, -0.25) is 48.1 Å². The fourth-order valence-electron chi connectivity index (χ4n) is 8.06. The third-order valence-electron chi connectivity index (χ3n) is 11.5. The van der Waals surface area contributed by atoms with Gasteiger partial charge in [0, 0.05) is 81.7 Å². The molecule has 9 amide bonds. The Morgan fingerprint density at radius 2 is 1.38 bits per heavy atom. The Kier molecular flexibility index (Phi) is 20.7. The van der Waals surface area contributed by atoms with Gasteiger partial charge >= 0.3 is 0 Å². The highest BCUT2D eigenvalue weighted by Crippen LogP contribution is 2.41. The van der Waals surface area contributed by atoms with Gasteiger partial charge in [0.15, 0.2) is 0 Å². The van der Waals surface area contributed by atoms with Crippen LogP contribution in [-0.4, -0.2) is 130 Å². The van der Waals surface area contributed by atoms with E-state index in [1.54, 1.807) is 30.7 Å². The zero-order valence-corrected chi connectivity index (χ0v) is 41.1. The van der Waals surface area contributed by atoms with Gasteiger partial charge in [0.05, 0.1) is 6.04 Å². The number of aromatic nitrogens is 1. The van der Waals surface area contributed by atoms with Crippen molar-refractivity contribution in [3.8, 4) is 11.1 Å². The average Bonchev–Trinajstić information content (AvgIpc) is 3.85. The minimum absolute atomic E-state index is 0.0332. The predicted molar refractivity (Wildman–Crippen MR) is 257 cm³/mol. The van der Waals surface area contributed by atoms with E-state index in [1.807, 2.05) is 51.1 Å². The molecular formula is C50H65F2N9O10. The highest BCUT2D eigenvalue weighted by atomic mass is 19.1. The summed E-state index contributed by atoms with van der Waals surface area (Å²) in [5, 5.41) is 26.2. The molecule has 2 aromatic carbocycles. The first-order chi connectivity index (χ1) is 33.5. The molecule has 0 fully saturated rings. The van der Waals surface area contributed by atoms with Crippen LogP contribution < -0.4 is 31.9 Å². The molecule has 0 saturated carbocycles. The van der Waals surface area contributed by atoms with E-state index in [0.717, 1.165) is 40.8 Å². The van der Waals surface area contributed by atoms with Gasteiger partial charge in [-0.1, -0.05) is 65.0 Å². The number of amides is 9. The van der Waals surface area contributed by atoms with Gasteiger partial charge in [0.2, 0.25) is 41.4 Å². The van der Waals surface area contributed by atoms with Crippen molar-refractivity contribution in [1.29, 1.82) is 0 Å². The second kappa shape index (κ2) is 26.1. The van der Waals surface area contributed by atoms with E-state index in [4.69, 9.17) is 0 Å². The Morgan fingerprint density at radius 1 is 0.746 bits per heavy atom. The fraction of sp³-hybridized carbons (Fsp3) is 0.460. The summed E-state index contributed by atoms with van der Waals surface area (Å²) in [6.07, 6.45) is 3.57. The molecule has 4 atom stereocenters. The molecule has 7 N–H and O–H groups in total. The van der Waals surface area contributed by atoms with Gasteiger partial charge in [0.1, 0.15) is 42.9 Å². The van der Waals surface area contributed by atoms with Crippen molar-refractivity contribution in [2.45, 2.75) is 98.4 Å². The monoisotopic (exact) mass is 989 g/mol. The van der Waals surface area contributed by atoms with Crippen molar-refractivity contribution in [1.82, 2.24) is 46.3 Å². The fourth-order valence-corrected chi connectivity index (χ4v) is 8.06. The minimum Gasteiger partial charge on any atom is -0.387 e. The molecule has 2 heterocycles. The smallest absolute Gasteiger partial charge is 0.254 e. The molecular weight excluding hydrogens is 925 g/mol. The normalized spacial score (nSPS) is 14.0. The zero-order chi connectivity index (χ0) is 52.6. The standard InChI is InChI=1S/C50H65F2N9O10/c1-30(2)45(56-32(4)64)49(71)58-38(14-11-20-53-31(3)63)48(70)57-39(47(69)55-22-21-54-41(65)28-61-42(66)17-18-43(61)67)19-23-60(44(68)29-62)46(50(5,6)7)40-24-34(36-25-35(51)15-16-37(36)52)27-59(40)26-33-12-9-8-10-13-33/h8-10,12-13,15-18,24-25,27,30,38-39,45-46,62H,11,14,19-23,26,28-29H2,1-7H3,(H,53,63)(H,54,65)(H,55,69)(H,56,64)(H,57,70)(H,58,71)/t38-,39-,45-,46-/m0/s1. The molecule has 0 saturated heterocycles. The van der Waals surface area contributed by atoms with Crippen LogP contribution in [0.5, 0.6) is 0 Å². The maximum absolute atomic E-state index is 15.4. The lowest BCUT2D eigenvalue weighted by atomic mass is 9.82. The molecule has 0 unspecified atom stereocenters. The molecule has 0 spiro atoms. The second-order valence-corrected chi connectivity index (χ2v) is 18.6. The highest BCUT2D eigenvalue weighted by molar-refractivity contribution is 6.14. The van der Waals surface area contributed by atoms with E-state index >= 15 is 4.39 Å². The summed E-state index contributed by atoms with van der Waals surface area (Å²) in [4.78, 5) is 119. The number of halogens is 2. The number of imide groups is 1. The minimum atomic E-state index is -1.46. The molecule has 19 nitrogen and oxygen atoms in total. The lowest BCUT2D eigenvalue weighted by molar-refractivity contribution is -0.141. The number of aliphatic hydroxyl groups excluding tert-OH is 1. The molecule has 0 bridgehead atoms. The number of hydrogen-bond acceptors (Lipinski definition) is 10. The number of carbonyl (C=O) groups excluding carboxylic acids is 9. The Balaban J connectivity index is 1.72. The van der Waals surface area contributed by atoms with Crippen molar-refractivity contribution in [3.05, 3.63) is 95.8 Å². The summed E-state index contributed by atoms with van der Waals surface area (Å²) in [6, 6.07) is 9.23. The van der Waals surface area contributed by atoms with E-state index < -0.39 is 108 Å². The Hall–Kier alpha value is -7.29. The van der Waals surface area contributed by atoms with E-state index in [2.05, 4.69) is 31.9 Å². The number of nitrogens with one attached hydrogen (secondary N) is 6. The third-order valence-corrected chi connectivity index (χ3v) is 11.5. The molecule has 0 radical (unpaired) electrons. The quantitative estimate of drug-likeness (QED) is 0.0480. The maximum Gasteiger partial charge on any atom is 0.254 e. The van der Waals surface area contributed by atoms with Crippen molar-refractivity contribution in [2.24, 2.45) is 11.3 Å². The Labute approximate surface area is 411 Å². The summed E-state index contributed by atoms with van der Waals surface area (Å²) in [7, 11) is 0. The first-order valence-corrected chi connectivity index (χ1v) is 23.3. The van der Waals surface area contributed by atoms with Crippen LogP contribution in [0.25, 0.3) is 11.1 Å². The van der Waals surface area contributed by atoms with Crippen molar-refractivity contribution < 1.29 is 57.0 Å². The summed E-state index contributed by atoms with van der Waals surface area (Å²) in [5.41, 5.74) is 0.724. The number of carbonyl (C=O) groups is 9. The third kappa shape index (κ3) is 16.7. The van der Waals surface area contributed by atoms with Crippen LogP contribution in [0.2, 0.25) is 0 Å². The molecule has 1 aliphatic rings. The van der Waals surface area contributed by atoms with Gasteiger partial charge in [-0.15, -0.1) is 0 Å². The number of benzene rings is 2. The van der Waals surface area contributed by atoms with E-state index in [-0.39, 0.29) is 63.5 Å². The number of hydrogen-bond donors (Lipinski definition) is 7. The van der Waals surface area contributed by atoms with E-state index in [9.17, 15) is 52.6 Å². The molecule has 1 aliphatic heterocycles. The Bertz CT molecular complexity index is 2440.